The second-order valence-corrected chi connectivity index (χ2v) is 9.70. The summed E-state index contributed by atoms with van der Waals surface area (Å²) in [5, 5.41) is 0. The molecule has 0 unspecified atom stereocenters. The van der Waals surface area contributed by atoms with E-state index in [2.05, 4.69) is 0 Å². The number of amides is 1. The standard InChI is InChI=1S/C19H25NO7S/c1-13(2)9-20(14-7-8-28(23,24)12-14)18(21)11-26-19(22)17-10-25-15-5-3-4-6-16(15)27-17/h3-6,13-14,17H,7-12H2,1-2H3/t14-,17-/m0/s1. The van der Waals surface area contributed by atoms with Crippen LogP contribution < -0.4 is 9.47 Å². The third-order valence-electron chi connectivity index (χ3n) is 4.64. The van der Waals surface area contributed by atoms with E-state index in [0.29, 0.717) is 24.5 Å². The van der Waals surface area contributed by atoms with Gasteiger partial charge in [0.15, 0.2) is 27.9 Å². The van der Waals surface area contributed by atoms with Gasteiger partial charge in [0.2, 0.25) is 6.10 Å². The lowest BCUT2D eigenvalue weighted by Gasteiger charge is -2.30. The Kier molecular flexibility index (Phi) is 6.12. The van der Waals surface area contributed by atoms with Gasteiger partial charge in [-0.2, -0.15) is 0 Å². The number of hydrogen-bond acceptors (Lipinski definition) is 7. The van der Waals surface area contributed by atoms with Crippen molar-refractivity contribution in [2.24, 2.45) is 5.92 Å². The minimum absolute atomic E-state index is 0.000609. The number of nitrogens with zero attached hydrogens (tertiary/aromatic N) is 1. The minimum Gasteiger partial charge on any atom is -0.485 e. The molecule has 3 rings (SSSR count). The van der Waals surface area contributed by atoms with E-state index in [1.165, 1.54) is 4.90 Å². The van der Waals surface area contributed by atoms with E-state index in [-0.39, 0.29) is 30.1 Å². The normalized spacial score (nSPS) is 22.7. The van der Waals surface area contributed by atoms with E-state index in [1.807, 2.05) is 13.8 Å². The quantitative estimate of drug-likeness (QED) is 0.645. The van der Waals surface area contributed by atoms with Gasteiger partial charge in [-0.25, -0.2) is 13.2 Å². The highest BCUT2D eigenvalue weighted by atomic mass is 32.2. The number of carbonyl (C=O) groups excluding carboxylic acids is 2. The van der Waals surface area contributed by atoms with Gasteiger partial charge in [0.25, 0.3) is 5.91 Å². The minimum atomic E-state index is -3.12. The molecule has 2 aliphatic rings. The third kappa shape index (κ3) is 4.95. The maximum atomic E-state index is 12.6. The lowest BCUT2D eigenvalue weighted by molar-refractivity contribution is -0.160. The lowest BCUT2D eigenvalue weighted by Crippen LogP contribution is -2.46. The molecule has 1 aromatic carbocycles. The van der Waals surface area contributed by atoms with Crippen molar-refractivity contribution in [3.8, 4) is 11.5 Å². The zero-order valence-electron chi connectivity index (χ0n) is 16.0. The van der Waals surface area contributed by atoms with Gasteiger partial charge >= 0.3 is 5.97 Å². The fraction of sp³-hybridized carbons (Fsp3) is 0.579. The SMILES string of the molecule is CC(C)CN(C(=O)COC(=O)[C@@H]1COc2ccccc2O1)[C@H]1CCS(=O)(=O)C1. The molecule has 2 heterocycles. The molecule has 0 aliphatic carbocycles. The topological polar surface area (TPSA) is 99.2 Å². The van der Waals surface area contributed by atoms with Gasteiger partial charge in [-0.05, 0) is 24.5 Å². The molecule has 9 heteroatoms. The van der Waals surface area contributed by atoms with Crippen molar-refractivity contribution in [1.29, 1.82) is 0 Å². The first-order chi connectivity index (χ1) is 13.2. The molecule has 0 bridgehead atoms. The molecule has 0 saturated carbocycles. The summed E-state index contributed by atoms with van der Waals surface area (Å²) < 4.78 is 39.7. The summed E-state index contributed by atoms with van der Waals surface area (Å²) in [5.41, 5.74) is 0. The molecule has 28 heavy (non-hydrogen) atoms. The van der Waals surface area contributed by atoms with E-state index in [0.717, 1.165) is 0 Å². The monoisotopic (exact) mass is 411 g/mol. The molecule has 0 aromatic heterocycles. The number of ether oxygens (including phenoxy) is 3. The van der Waals surface area contributed by atoms with Crippen LogP contribution in [0.2, 0.25) is 0 Å². The molecule has 0 radical (unpaired) electrons. The van der Waals surface area contributed by atoms with Crippen LogP contribution in [0.5, 0.6) is 11.5 Å². The molecule has 1 saturated heterocycles. The molecule has 1 aromatic rings. The summed E-state index contributed by atoms with van der Waals surface area (Å²) >= 11 is 0. The average molecular weight is 411 g/mol. The number of rotatable bonds is 6. The lowest BCUT2D eigenvalue weighted by atomic mass is 10.1. The van der Waals surface area contributed by atoms with Gasteiger partial charge in [0.05, 0.1) is 11.5 Å². The van der Waals surface area contributed by atoms with Crippen molar-refractivity contribution in [2.75, 3.05) is 31.3 Å². The van der Waals surface area contributed by atoms with E-state index < -0.39 is 34.4 Å². The second kappa shape index (κ2) is 8.38. The fourth-order valence-electron chi connectivity index (χ4n) is 3.31. The van der Waals surface area contributed by atoms with Crippen LogP contribution in [0, 0.1) is 5.92 Å². The van der Waals surface area contributed by atoms with Gasteiger partial charge in [-0.1, -0.05) is 26.0 Å². The Morgan fingerprint density at radius 3 is 2.61 bits per heavy atom. The van der Waals surface area contributed by atoms with Crippen molar-refractivity contribution in [3.63, 3.8) is 0 Å². The summed E-state index contributed by atoms with van der Waals surface area (Å²) in [7, 11) is -3.12. The maximum absolute atomic E-state index is 12.6. The first kappa shape index (κ1) is 20.4. The maximum Gasteiger partial charge on any atom is 0.351 e. The zero-order valence-corrected chi connectivity index (χ0v) is 16.8. The van der Waals surface area contributed by atoms with E-state index in [1.54, 1.807) is 24.3 Å². The van der Waals surface area contributed by atoms with Crippen molar-refractivity contribution in [2.45, 2.75) is 32.4 Å². The Bertz CT molecular complexity index is 836. The molecule has 0 N–H and O–H groups in total. The van der Waals surface area contributed by atoms with Crippen LogP contribution in [-0.2, 0) is 24.2 Å². The van der Waals surface area contributed by atoms with Crippen LogP contribution in [0.15, 0.2) is 24.3 Å². The number of fused-ring (bicyclic) bond motifs is 1. The van der Waals surface area contributed by atoms with Gasteiger partial charge in [0, 0.05) is 12.6 Å². The first-order valence-corrected chi connectivity index (χ1v) is 11.1. The Morgan fingerprint density at radius 1 is 1.25 bits per heavy atom. The molecular weight excluding hydrogens is 386 g/mol. The van der Waals surface area contributed by atoms with Gasteiger partial charge in [-0.3, -0.25) is 4.79 Å². The molecule has 2 aliphatic heterocycles. The van der Waals surface area contributed by atoms with Crippen LogP contribution in [-0.4, -0.2) is 68.6 Å². The van der Waals surface area contributed by atoms with Crippen LogP contribution >= 0.6 is 0 Å². The van der Waals surface area contributed by atoms with Crippen molar-refractivity contribution in [3.05, 3.63) is 24.3 Å². The zero-order chi connectivity index (χ0) is 20.3. The van der Waals surface area contributed by atoms with E-state index >= 15 is 0 Å². The molecule has 154 valence electrons. The largest absolute Gasteiger partial charge is 0.485 e. The predicted molar refractivity (Wildman–Crippen MR) is 101 cm³/mol. The summed E-state index contributed by atoms with van der Waals surface area (Å²) in [6.07, 6.45) is -0.543. The van der Waals surface area contributed by atoms with Crippen molar-refractivity contribution in [1.82, 2.24) is 4.90 Å². The van der Waals surface area contributed by atoms with Crippen LogP contribution in [0.4, 0.5) is 0 Å². The summed E-state index contributed by atoms with van der Waals surface area (Å²) in [4.78, 5) is 26.5. The van der Waals surface area contributed by atoms with Crippen molar-refractivity contribution < 1.29 is 32.2 Å². The van der Waals surface area contributed by atoms with Crippen LogP contribution in [0.3, 0.4) is 0 Å². The Morgan fingerprint density at radius 2 is 1.96 bits per heavy atom. The average Bonchev–Trinajstić information content (AvgIpc) is 3.02. The summed E-state index contributed by atoms with van der Waals surface area (Å²) in [6, 6.07) is 6.61. The molecule has 2 atom stereocenters. The highest BCUT2D eigenvalue weighted by Crippen LogP contribution is 2.31. The number of benzene rings is 1. The Labute approximate surface area is 164 Å². The van der Waals surface area contributed by atoms with Gasteiger partial charge in [0.1, 0.15) is 6.61 Å². The summed E-state index contributed by atoms with van der Waals surface area (Å²) in [6.45, 7) is 3.85. The number of hydrogen-bond donors (Lipinski definition) is 0. The first-order valence-electron chi connectivity index (χ1n) is 9.30. The Balaban J connectivity index is 1.57. The smallest absolute Gasteiger partial charge is 0.351 e. The molecule has 8 nitrogen and oxygen atoms in total. The second-order valence-electron chi connectivity index (χ2n) is 7.47. The summed E-state index contributed by atoms with van der Waals surface area (Å²) in [5.74, 6) is 0.0943. The van der Waals surface area contributed by atoms with Gasteiger partial charge in [-0.15, -0.1) is 0 Å². The van der Waals surface area contributed by atoms with Crippen LogP contribution in [0.1, 0.15) is 20.3 Å². The molecule has 1 amide bonds. The number of sulfone groups is 1. The van der Waals surface area contributed by atoms with E-state index in [4.69, 9.17) is 14.2 Å². The highest BCUT2D eigenvalue weighted by molar-refractivity contribution is 7.91. The highest BCUT2D eigenvalue weighted by Gasteiger charge is 2.36. The molecule has 0 spiro atoms. The van der Waals surface area contributed by atoms with Crippen molar-refractivity contribution >= 4 is 21.7 Å². The molecule has 1 fully saturated rings. The molecular formula is C19H25NO7S. The number of esters is 1. The van der Waals surface area contributed by atoms with E-state index in [9.17, 15) is 18.0 Å². The number of carbonyl (C=O) groups is 2. The third-order valence-corrected chi connectivity index (χ3v) is 6.39. The number of para-hydroxylation sites is 2. The van der Waals surface area contributed by atoms with Crippen LogP contribution in [0.25, 0.3) is 0 Å². The predicted octanol–water partition coefficient (Wildman–Crippen LogP) is 1.04. The fourth-order valence-corrected chi connectivity index (χ4v) is 5.04. The Hall–Kier alpha value is -2.29. The van der Waals surface area contributed by atoms with Gasteiger partial charge < -0.3 is 19.1 Å².